The molecule has 0 bridgehead atoms. The molecule has 2 amide bonds. The van der Waals surface area contributed by atoms with E-state index in [0.717, 1.165) is 24.2 Å². The molecule has 0 aromatic heterocycles. The molecule has 2 N–H and O–H groups in total. The molecule has 0 radical (unpaired) electrons. The topological polar surface area (TPSA) is 95.6 Å². The fourth-order valence-corrected chi connectivity index (χ4v) is 5.59. The highest BCUT2D eigenvalue weighted by Gasteiger charge is 2.26. The highest BCUT2D eigenvalue weighted by atomic mass is 35.5. The first-order chi connectivity index (χ1) is 14.8. The van der Waals surface area contributed by atoms with Gasteiger partial charge < -0.3 is 10.6 Å². The lowest BCUT2D eigenvalue weighted by Gasteiger charge is -2.26. The van der Waals surface area contributed by atoms with E-state index in [9.17, 15) is 18.0 Å². The Labute approximate surface area is 191 Å². The fourth-order valence-electron chi connectivity index (χ4n) is 3.19. The minimum absolute atomic E-state index is 0.121. The number of carbonyl (C=O) groups is 2. The van der Waals surface area contributed by atoms with Crippen LogP contribution in [0.1, 0.15) is 26.2 Å². The number of anilines is 2. The van der Waals surface area contributed by atoms with Crippen molar-refractivity contribution in [1.82, 2.24) is 4.31 Å². The second-order valence-electron chi connectivity index (χ2n) is 7.15. The van der Waals surface area contributed by atoms with Crippen LogP contribution in [0.15, 0.2) is 52.3 Å². The minimum Gasteiger partial charge on any atom is -0.326 e. The maximum Gasteiger partial charge on any atom is 0.243 e. The van der Waals surface area contributed by atoms with Crippen LogP contribution < -0.4 is 10.6 Å². The predicted molar refractivity (Wildman–Crippen MR) is 124 cm³/mol. The molecule has 1 heterocycles. The summed E-state index contributed by atoms with van der Waals surface area (Å²) < 4.78 is 27.2. The molecular weight excluding hydrogens is 458 g/mol. The molecule has 3 rings (SSSR count). The number of sulfonamides is 1. The van der Waals surface area contributed by atoms with Gasteiger partial charge in [0.2, 0.25) is 21.8 Å². The van der Waals surface area contributed by atoms with Crippen LogP contribution in [0.2, 0.25) is 5.02 Å². The third-order valence-corrected chi connectivity index (χ3v) is 7.95. The van der Waals surface area contributed by atoms with Crippen LogP contribution in [0.4, 0.5) is 11.4 Å². The van der Waals surface area contributed by atoms with E-state index < -0.39 is 10.0 Å². The fraction of sp³-hybridized carbons (Fsp3) is 0.333. The van der Waals surface area contributed by atoms with Crippen molar-refractivity contribution in [1.29, 1.82) is 0 Å². The Bertz CT molecular complexity index is 1050. The summed E-state index contributed by atoms with van der Waals surface area (Å²) in [5.74, 6) is -0.328. The van der Waals surface area contributed by atoms with Gasteiger partial charge in [-0.25, -0.2) is 8.42 Å². The smallest absolute Gasteiger partial charge is 0.243 e. The number of hydrogen-bond donors (Lipinski definition) is 2. The first-order valence-corrected chi connectivity index (χ1v) is 12.7. The molecule has 166 valence electrons. The summed E-state index contributed by atoms with van der Waals surface area (Å²) in [5.41, 5.74) is 0.950. The first-order valence-electron chi connectivity index (χ1n) is 9.86. The normalized spacial score (nSPS) is 14.8. The van der Waals surface area contributed by atoms with Gasteiger partial charge in [0, 0.05) is 30.6 Å². The van der Waals surface area contributed by atoms with Gasteiger partial charge >= 0.3 is 0 Å². The number of rotatable bonds is 7. The number of benzene rings is 2. The summed E-state index contributed by atoms with van der Waals surface area (Å²) in [5, 5.41) is 5.66. The monoisotopic (exact) mass is 481 g/mol. The Morgan fingerprint density at radius 1 is 1.03 bits per heavy atom. The third kappa shape index (κ3) is 6.46. The molecule has 1 saturated heterocycles. The van der Waals surface area contributed by atoms with Crippen LogP contribution in [-0.2, 0) is 19.6 Å². The lowest BCUT2D eigenvalue weighted by atomic mass is 10.2. The van der Waals surface area contributed by atoms with E-state index in [1.54, 1.807) is 12.1 Å². The van der Waals surface area contributed by atoms with Crippen LogP contribution in [0.5, 0.6) is 0 Å². The van der Waals surface area contributed by atoms with E-state index in [0.29, 0.717) is 18.8 Å². The Hall–Kier alpha value is -2.07. The Kier molecular flexibility index (Phi) is 7.99. The largest absolute Gasteiger partial charge is 0.326 e. The van der Waals surface area contributed by atoms with Gasteiger partial charge in [0.05, 0.1) is 21.4 Å². The molecule has 0 saturated carbocycles. The van der Waals surface area contributed by atoms with E-state index in [1.165, 1.54) is 41.2 Å². The standard InChI is InChI=1S/C21H24ClN3O4S2/c1-15(26)23-16-5-7-17(8-6-16)30-14-21(27)24-20-13-18(9-10-19(20)22)31(28,29)25-11-3-2-4-12-25/h5-10,13H,2-4,11-12,14H2,1H3,(H,23,26)(H,24,27). The Balaban J connectivity index is 1.63. The van der Waals surface area contributed by atoms with Gasteiger partial charge in [0.1, 0.15) is 0 Å². The molecule has 2 aromatic rings. The Morgan fingerprint density at radius 2 is 1.71 bits per heavy atom. The summed E-state index contributed by atoms with van der Waals surface area (Å²) in [6.45, 7) is 2.44. The van der Waals surface area contributed by atoms with Crippen molar-refractivity contribution >= 4 is 56.6 Å². The van der Waals surface area contributed by atoms with Gasteiger partial charge in [-0.1, -0.05) is 18.0 Å². The molecule has 31 heavy (non-hydrogen) atoms. The van der Waals surface area contributed by atoms with Crippen LogP contribution in [0.25, 0.3) is 0 Å². The van der Waals surface area contributed by atoms with Crippen molar-refractivity contribution < 1.29 is 18.0 Å². The number of piperidine rings is 1. The zero-order valence-electron chi connectivity index (χ0n) is 17.1. The van der Waals surface area contributed by atoms with E-state index in [2.05, 4.69) is 10.6 Å². The number of nitrogens with zero attached hydrogens (tertiary/aromatic N) is 1. The van der Waals surface area contributed by atoms with Crippen molar-refractivity contribution in [3.8, 4) is 0 Å². The Morgan fingerprint density at radius 3 is 2.35 bits per heavy atom. The zero-order chi connectivity index (χ0) is 22.4. The lowest BCUT2D eigenvalue weighted by molar-refractivity contribution is -0.114. The highest BCUT2D eigenvalue weighted by molar-refractivity contribution is 8.00. The predicted octanol–water partition coefficient (Wildman–Crippen LogP) is 4.20. The van der Waals surface area contributed by atoms with E-state index in [4.69, 9.17) is 11.6 Å². The third-order valence-electron chi connectivity index (χ3n) is 4.71. The second kappa shape index (κ2) is 10.5. The molecule has 10 heteroatoms. The van der Waals surface area contributed by atoms with Crippen LogP contribution in [0, 0.1) is 0 Å². The van der Waals surface area contributed by atoms with Crippen molar-refractivity contribution in [2.75, 3.05) is 29.5 Å². The minimum atomic E-state index is -3.62. The van der Waals surface area contributed by atoms with E-state index >= 15 is 0 Å². The average molecular weight is 482 g/mol. The molecule has 7 nitrogen and oxygen atoms in total. The first kappa shape index (κ1) is 23.6. The number of amides is 2. The summed E-state index contributed by atoms with van der Waals surface area (Å²) in [4.78, 5) is 24.5. The van der Waals surface area contributed by atoms with E-state index in [1.807, 2.05) is 12.1 Å². The second-order valence-corrected chi connectivity index (χ2v) is 10.5. The average Bonchev–Trinajstić information content (AvgIpc) is 2.75. The van der Waals surface area contributed by atoms with Crippen molar-refractivity contribution in [3.63, 3.8) is 0 Å². The summed E-state index contributed by atoms with van der Waals surface area (Å²) in [6, 6.07) is 11.5. The van der Waals surface area contributed by atoms with E-state index in [-0.39, 0.29) is 33.2 Å². The number of hydrogen-bond acceptors (Lipinski definition) is 5. The van der Waals surface area contributed by atoms with Crippen molar-refractivity contribution in [2.24, 2.45) is 0 Å². The van der Waals surface area contributed by atoms with Gasteiger partial charge in [-0.2, -0.15) is 4.31 Å². The summed E-state index contributed by atoms with van der Waals surface area (Å²) >= 11 is 7.51. The van der Waals surface area contributed by atoms with Crippen LogP contribution in [0.3, 0.4) is 0 Å². The van der Waals surface area contributed by atoms with Gasteiger partial charge in [-0.15, -0.1) is 11.8 Å². The van der Waals surface area contributed by atoms with Gasteiger partial charge in [-0.05, 0) is 55.3 Å². The summed E-state index contributed by atoms with van der Waals surface area (Å²) in [6.07, 6.45) is 2.72. The quantitative estimate of drug-likeness (QED) is 0.578. The lowest BCUT2D eigenvalue weighted by Crippen LogP contribution is -2.35. The SMILES string of the molecule is CC(=O)Nc1ccc(SCC(=O)Nc2cc(S(=O)(=O)N3CCCCC3)ccc2Cl)cc1. The van der Waals surface area contributed by atoms with Crippen molar-refractivity contribution in [3.05, 3.63) is 47.5 Å². The molecule has 0 aliphatic carbocycles. The molecule has 1 aliphatic heterocycles. The molecule has 0 unspecified atom stereocenters. The maximum atomic E-state index is 12.9. The molecule has 0 spiro atoms. The number of carbonyl (C=O) groups excluding carboxylic acids is 2. The van der Waals surface area contributed by atoms with Crippen LogP contribution in [-0.4, -0.2) is 43.4 Å². The maximum absolute atomic E-state index is 12.9. The number of nitrogens with one attached hydrogen (secondary N) is 2. The van der Waals surface area contributed by atoms with Crippen molar-refractivity contribution in [2.45, 2.75) is 36.0 Å². The molecule has 1 aliphatic rings. The molecule has 0 atom stereocenters. The highest BCUT2D eigenvalue weighted by Crippen LogP contribution is 2.29. The molecule has 1 fully saturated rings. The number of thioether (sulfide) groups is 1. The molecular formula is C21H24ClN3O4S2. The van der Waals surface area contributed by atoms with Crippen LogP contribution >= 0.6 is 23.4 Å². The van der Waals surface area contributed by atoms with Gasteiger partial charge in [0.15, 0.2) is 0 Å². The van der Waals surface area contributed by atoms with Gasteiger partial charge in [-0.3, -0.25) is 9.59 Å². The zero-order valence-corrected chi connectivity index (χ0v) is 19.4. The summed E-state index contributed by atoms with van der Waals surface area (Å²) in [7, 11) is -3.62. The number of halogens is 1. The van der Waals surface area contributed by atoms with Gasteiger partial charge in [0.25, 0.3) is 0 Å². The molecule has 2 aromatic carbocycles.